The zero-order chi connectivity index (χ0) is 7.28. The van der Waals surface area contributed by atoms with E-state index in [9.17, 15) is 0 Å². The molecule has 0 aliphatic carbocycles. The van der Waals surface area contributed by atoms with E-state index in [1.54, 1.807) is 0 Å². The molecule has 1 N–H and O–H groups in total. The second kappa shape index (κ2) is 4.19. The molecular formula is C8H15N. The Kier molecular flexibility index (Phi) is 3.85. The molecule has 1 nitrogen and oxygen atoms in total. The number of allylic oxidation sites excluding steroid dienone is 3. The van der Waals surface area contributed by atoms with Gasteiger partial charge in [-0.2, -0.15) is 0 Å². The van der Waals surface area contributed by atoms with Crippen molar-refractivity contribution in [3.8, 4) is 0 Å². The van der Waals surface area contributed by atoms with Crippen molar-refractivity contribution < 1.29 is 0 Å². The van der Waals surface area contributed by atoms with Crippen LogP contribution in [0.25, 0.3) is 0 Å². The van der Waals surface area contributed by atoms with Crippen molar-refractivity contribution in [2.24, 2.45) is 0 Å². The fourth-order valence-electron chi connectivity index (χ4n) is 0.439. The van der Waals surface area contributed by atoms with E-state index in [0.717, 1.165) is 12.1 Å². The molecule has 0 saturated heterocycles. The van der Waals surface area contributed by atoms with E-state index in [0.29, 0.717) is 0 Å². The SMILES string of the molecule is C=C(CC)N/C(C)=C\C. The van der Waals surface area contributed by atoms with Crippen LogP contribution >= 0.6 is 0 Å². The smallest absolute Gasteiger partial charge is 0.00736 e. The molecule has 0 radical (unpaired) electrons. The zero-order valence-corrected chi connectivity index (χ0v) is 6.49. The summed E-state index contributed by atoms with van der Waals surface area (Å²) >= 11 is 0. The van der Waals surface area contributed by atoms with Gasteiger partial charge < -0.3 is 5.32 Å². The predicted octanol–water partition coefficient (Wildman–Crippen LogP) is 2.42. The molecule has 0 aromatic carbocycles. The Labute approximate surface area is 57.5 Å². The van der Waals surface area contributed by atoms with Gasteiger partial charge in [-0.1, -0.05) is 19.6 Å². The Hall–Kier alpha value is -0.720. The number of nitrogens with one attached hydrogen (secondary N) is 1. The van der Waals surface area contributed by atoms with E-state index < -0.39 is 0 Å². The summed E-state index contributed by atoms with van der Waals surface area (Å²) in [5.41, 5.74) is 2.24. The summed E-state index contributed by atoms with van der Waals surface area (Å²) in [5, 5.41) is 3.15. The predicted molar refractivity (Wildman–Crippen MR) is 42.0 cm³/mol. The van der Waals surface area contributed by atoms with Crippen molar-refractivity contribution in [3.05, 3.63) is 24.0 Å². The summed E-state index contributed by atoms with van der Waals surface area (Å²) in [4.78, 5) is 0. The summed E-state index contributed by atoms with van der Waals surface area (Å²) < 4.78 is 0. The van der Waals surface area contributed by atoms with Crippen LogP contribution in [-0.4, -0.2) is 0 Å². The highest BCUT2D eigenvalue weighted by Gasteiger charge is 1.86. The van der Waals surface area contributed by atoms with Gasteiger partial charge in [0.25, 0.3) is 0 Å². The van der Waals surface area contributed by atoms with Crippen molar-refractivity contribution in [1.82, 2.24) is 5.32 Å². The van der Waals surface area contributed by atoms with Gasteiger partial charge in [-0.3, -0.25) is 0 Å². The molecule has 0 bridgehead atoms. The van der Waals surface area contributed by atoms with Gasteiger partial charge >= 0.3 is 0 Å². The first kappa shape index (κ1) is 8.28. The number of hydrogen-bond donors (Lipinski definition) is 1. The van der Waals surface area contributed by atoms with Crippen molar-refractivity contribution >= 4 is 0 Å². The topological polar surface area (TPSA) is 12.0 Å². The van der Waals surface area contributed by atoms with Gasteiger partial charge in [0.15, 0.2) is 0 Å². The average Bonchev–Trinajstić information content (AvgIpc) is 1.87. The molecule has 0 amide bonds. The molecule has 0 unspecified atom stereocenters. The second-order valence-corrected chi connectivity index (χ2v) is 2.05. The summed E-state index contributed by atoms with van der Waals surface area (Å²) in [6, 6.07) is 0. The van der Waals surface area contributed by atoms with Gasteiger partial charge in [-0.05, 0) is 20.3 Å². The van der Waals surface area contributed by atoms with Crippen LogP contribution in [0.1, 0.15) is 27.2 Å². The Bertz CT molecular complexity index is 123. The fourth-order valence-corrected chi connectivity index (χ4v) is 0.439. The number of hydrogen-bond acceptors (Lipinski definition) is 1. The monoisotopic (exact) mass is 125 g/mol. The molecular weight excluding hydrogens is 110 g/mol. The van der Waals surface area contributed by atoms with Crippen molar-refractivity contribution in [1.29, 1.82) is 0 Å². The Morgan fingerprint density at radius 2 is 2.22 bits per heavy atom. The Morgan fingerprint density at radius 3 is 2.56 bits per heavy atom. The maximum atomic E-state index is 3.81. The maximum Gasteiger partial charge on any atom is 0.00736 e. The van der Waals surface area contributed by atoms with Crippen LogP contribution in [-0.2, 0) is 0 Å². The maximum absolute atomic E-state index is 3.81. The molecule has 0 aliphatic heterocycles. The zero-order valence-electron chi connectivity index (χ0n) is 6.49. The molecule has 9 heavy (non-hydrogen) atoms. The highest BCUT2D eigenvalue weighted by atomic mass is 14.9. The van der Waals surface area contributed by atoms with Crippen LogP contribution < -0.4 is 5.32 Å². The normalized spacial score (nSPS) is 11.2. The molecule has 0 aliphatic rings. The van der Waals surface area contributed by atoms with Crippen LogP contribution in [0, 0.1) is 0 Å². The Balaban J connectivity index is 3.60. The van der Waals surface area contributed by atoms with Crippen LogP contribution in [0.15, 0.2) is 24.0 Å². The van der Waals surface area contributed by atoms with Gasteiger partial charge in [0.2, 0.25) is 0 Å². The van der Waals surface area contributed by atoms with Gasteiger partial charge in [0.05, 0.1) is 0 Å². The lowest BCUT2D eigenvalue weighted by Crippen LogP contribution is -2.07. The van der Waals surface area contributed by atoms with Crippen molar-refractivity contribution in [2.45, 2.75) is 27.2 Å². The first-order valence-electron chi connectivity index (χ1n) is 3.28. The van der Waals surface area contributed by atoms with Gasteiger partial charge in [0.1, 0.15) is 0 Å². The summed E-state index contributed by atoms with van der Waals surface area (Å²) in [6.07, 6.45) is 3.02. The summed E-state index contributed by atoms with van der Waals surface area (Å²) in [5.74, 6) is 0. The summed E-state index contributed by atoms with van der Waals surface area (Å²) in [7, 11) is 0. The van der Waals surface area contributed by atoms with E-state index in [1.807, 2.05) is 19.9 Å². The average molecular weight is 125 g/mol. The van der Waals surface area contributed by atoms with E-state index in [1.165, 1.54) is 5.70 Å². The minimum absolute atomic E-state index is 0.991. The van der Waals surface area contributed by atoms with Crippen LogP contribution in [0.4, 0.5) is 0 Å². The third-order valence-electron chi connectivity index (χ3n) is 1.23. The molecule has 0 atom stereocenters. The van der Waals surface area contributed by atoms with Crippen LogP contribution in [0.2, 0.25) is 0 Å². The van der Waals surface area contributed by atoms with Crippen LogP contribution in [0.5, 0.6) is 0 Å². The first-order chi connectivity index (χ1) is 4.20. The molecule has 0 heterocycles. The largest absolute Gasteiger partial charge is 0.363 e. The standard InChI is InChI=1S/C8H15N/c1-5-7(3)9-8(4)6-2/h6,9H,3,5H2,1-2,4H3/b8-6-. The molecule has 52 valence electrons. The number of rotatable bonds is 3. The molecule has 0 aromatic heterocycles. The van der Waals surface area contributed by atoms with Gasteiger partial charge in [0, 0.05) is 11.4 Å². The van der Waals surface area contributed by atoms with Gasteiger partial charge in [-0.25, -0.2) is 0 Å². The van der Waals surface area contributed by atoms with Crippen molar-refractivity contribution in [3.63, 3.8) is 0 Å². The molecule has 0 saturated carbocycles. The third kappa shape index (κ3) is 3.83. The van der Waals surface area contributed by atoms with E-state index in [2.05, 4.69) is 18.8 Å². The third-order valence-corrected chi connectivity index (χ3v) is 1.23. The lowest BCUT2D eigenvalue weighted by atomic mass is 10.3. The molecule has 0 fully saturated rings. The highest BCUT2D eigenvalue weighted by molar-refractivity contribution is 5.04. The van der Waals surface area contributed by atoms with E-state index in [-0.39, 0.29) is 0 Å². The molecule has 1 heteroatoms. The first-order valence-corrected chi connectivity index (χ1v) is 3.28. The summed E-state index contributed by atoms with van der Waals surface area (Å²) in [6.45, 7) is 9.92. The molecule has 0 aromatic rings. The lowest BCUT2D eigenvalue weighted by molar-refractivity contribution is 0.895. The van der Waals surface area contributed by atoms with E-state index >= 15 is 0 Å². The lowest BCUT2D eigenvalue weighted by Gasteiger charge is -2.05. The minimum atomic E-state index is 0.991. The van der Waals surface area contributed by atoms with Gasteiger partial charge in [-0.15, -0.1) is 0 Å². The fraction of sp³-hybridized carbons (Fsp3) is 0.500. The second-order valence-electron chi connectivity index (χ2n) is 2.05. The molecule has 0 spiro atoms. The van der Waals surface area contributed by atoms with E-state index in [4.69, 9.17) is 0 Å². The molecule has 0 rings (SSSR count). The Morgan fingerprint density at radius 1 is 1.67 bits per heavy atom. The minimum Gasteiger partial charge on any atom is -0.363 e. The highest BCUT2D eigenvalue weighted by Crippen LogP contribution is 1.95. The van der Waals surface area contributed by atoms with Crippen LogP contribution in [0.3, 0.4) is 0 Å². The quantitative estimate of drug-likeness (QED) is 0.610. The van der Waals surface area contributed by atoms with Crippen molar-refractivity contribution in [2.75, 3.05) is 0 Å².